The van der Waals surface area contributed by atoms with Gasteiger partial charge in [-0.25, -0.2) is 4.79 Å². The smallest absolute Gasteiger partial charge is 0.316 e. The largest absolute Gasteiger partial charge is 0.338 e. The van der Waals surface area contributed by atoms with Crippen molar-refractivity contribution in [1.82, 2.24) is 15.1 Å². The van der Waals surface area contributed by atoms with Gasteiger partial charge in [0.15, 0.2) is 0 Å². The van der Waals surface area contributed by atoms with Crippen LogP contribution in [0.4, 0.5) is 4.79 Å². The van der Waals surface area contributed by atoms with Gasteiger partial charge in [-0.3, -0.25) is 0 Å². The minimum absolute atomic E-state index is 0.0148. The lowest BCUT2D eigenvalue weighted by Crippen LogP contribution is -2.35. The molecule has 1 N–H and O–H groups in total. The van der Waals surface area contributed by atoms with E-state index >= 15 is 0 Å². The molecule has 0 aromatic rings. The minimum atomic E-state index is 0.0148. The first-order valence-electron chi connectivity index (χ1n) is 6.87. The van der Waals surface area contributed by atoms with Crippen LogP contribution in [-0.4, -0.2) is 56.1 Å². The van der Waals surface area contributed by atoms with E-state index in [1.54, 1.807) is 19.0 Å². The maximum absolute atomic E-state index is 11.2. The van der Waals surface area contributed by atoms with Crippen molar-refractivity contribution in [1.29, 1.82) is 0 Å². The van der Waals surface area contributed by atoms with Crippen molar-refractivity contribution in [2.45, 2.75) is 38.5 Å². The number of unbranched alkanes of at least 4 members (excludes halogenated alkanes) is 2. The molecule has 1 aliphatic heterocycles. The summed E-state index contributed by atoms with van der Waals surface area (Å²) in [6.07, 6.45) is 7.72. The van der Waals surface area contributed by atoms with Crippen LogP contribution in [0, 0.1) is 0 Å². The molecule has 0 atom stereocenters. The van der Waals surface area contributed by atoms with Gasteiger partial charge < -0.3 is 15.1 Å². The lowest BCUT2D eigenvalue weighted by atomic mass is 10.1. The van der Waals surface area contributed by atoms with Crippen molar-refractivity contribution >= 4 is 6.03 Å². The number of hydrogen-bond donors (Lipinski definition) is 1. The van der Waals surface area contributed by atoms with Crippen LogP contribution in [0.25, 0.3) is 0 Å². The molecule has 0 radical (unpaired) electrons. The third-order valence-electron chi connectivity index (χ3n) is 3.28. The average molecular weight is 241 g/mol. The molecule has 0 aromatic carbocycles. The second-order valence-corrected chi connectivity index (χ2v) is 5.09. The molecule has 1 saturated heterocycles. The van der Waals surface area contributed by atoms with Crippen LogP contribution in [0.3, 0.4) is 0 Å². The Kier molecular flexibility index (Phi) is 7.01. The van der Waals surface area contributed by atoms with Crippen LogP contribution in [0.2, 0.25) is 0 Å². The molecule has 0 spiro atoms. The lowest BCUT2D eigenvalue weighted by molar-refractivity contribution is 0.216. The molecule has 4 nitrogen and oxygen atoms in total. The summed E-state index contributed by atoms with van der Waals surface area (Å²) in [4.78, 5) is 15.4. The molecular formula is C13H27N3O. The van der Waals surface area contributed by atoms with E-state index in [-0.39, 0.29) is 6.03 Å². The summed E-state index contributed by atoms with van der Waals surface area (Å²) in [5.41, 5.74) is 0. The third kappa shape index (κ3) is 6.51. The number of nitrogens with zero attached hydrogens (tertiary/aromatic N) is 2. The molecule has 2 amide bonds. The van der Waals surface area contributed by atoms with Gasteiger partial charge in [-0.05, 0) is 45.3 Å². The van der Waals surface area contributed by atoms with E-state index in [0.29, 0.717) is 0 Å². The molecule has 17 heavy (non-hydrogen) atoms. The predicted molar refractivity (Wildman–Crippen MR) is 71.2 cm³/mol. The molecule has 100 valence electrons. The monoisotopic (exact) mass is 241 g/mol. The van der Waals surface area contributed by atoms with E-state index in [0.717, 1.165) is 13.0 Å². The number of nitrogens with one attached hydrogen (secondary N) is 1. The molecule has 0 bridgehead atoms. The Hall–Kier alpha value is -0.770. The van der Waals surface area contributed by atoms with Crippen molar-refractivity contribution in [3.05, 3.63) is 0 Å². The maximum Gasteiger partial charge on any atom is 0.316 e. The quantitative estimate of drug-likeness (QED) is 0.721. The Bertz CT molecular complexity index is 213. The van der Waals surface area contributed by atoms with Crippen molar-refractivity contribution in [2.75, 3.05) is 40.3 Å². The zero-order chi connectivity index (χ0) is 12.5. The minimum Gasteiger partial charge on any atom is -0.338 e. The molecule has 1 fully saturated rings. The van der Waals surface area contributed by atoms with E-state index in [9.17, 15) is 4.79 Å². The fraction of sp³-hybridized carbons (Fsp3) is 0.923. The maximum atomic E-state index is 11.2. The number of urea groups is 1. The highest BCUT2D eigenvalue weighted by Crippen LogP contribution is 2.09. The highest BCUT2D eigenvalue weighted by molar-refractivity contribution is 5.73. The first-order valence-corrected chi connectivity index (χ1v) is 6.87. The summed E-state index contributed by atoms with van der Waals surface area (Å²) in [5.74, 6) is 0. The fourth-order valence-corrected chi connectivity index (χ4v) is 2.17. The Labute approximate surface area is 105 Å². The molecule has 0 saturated carbocycles. The normalized spacial score (nSPS) is 16.8. The van der Waals surface area contributed by atoms with E-state index in [2.05, 4.69) is 10.2 Å². The summed E-state index contributed by atoms with van der Waals surface area (Å²) in [5, 5.41) is 2.89. The van der Waals surface area contributed by atoms with Gasteiger partial charge in [-0.2, -0.15) is 0 Å². The molecule has 0 aliphatic carbocycles. The van der Waals surface area contributed by atoms with Crippen LogP contribution in [0.5, 0.6) is 0 Å². The number of likely N-dealkylation sites (tertiary alicyclic amines) is 1. The van der Waals surface area contributed by atoms with Crippen LogP contribution >= 0.6 is 0 Å². The van der Waals surface area contributed by atoms with Crippen molar-refractivity contribution in [2.24, 2.45) is 0 Å². The number of rotatable bonds is 6. The summed E-state index contributed by atoms with van der Waals surface area (Å²) in [7, 11) is 3.54. The molecular weight excluding hydrogens is 214 g/mol. The summed E-state index contributed by atoms with van der Waals surface area (Å²) in [6, 6.07) is 0.0148. The Morgan fingerprint density at radius 1 is 1.12 bits per heavy atom. The van der Waals surface area contributed by atoms with Gasteiger partial charge >= 0.3 is 6.03 Å². The number of carbonyl (C=O) groups excluding carboxylic acids is 1. The number of piperidine rings is 1. The predicted octanol–water partition coefficient (Wildman–Crippen LogP) is 1.91. The van der Waals surface area contributed by atoms with Gasteiger partial charge in [0.05, 0.1) is 0 Å². The topological polar surface area (TPSA) is 35.6 Å². The van der Waals surface area contributed by atoms with Gasteiger partial charge in [0.1, 0.15) is 0 Å². The zero-order valence-electron chi connectivity index (χ0n) is 11.4. The first-order chi connectivity index (χ1) is 8.20. The molecule has 0 unspecified atom stereocenters. The first kappa shape index (κ1) is 14.3. The molecule has 4 heteroatoms. The van der Waals surface area contributed by atoms with Crippen molar-refractivity contribution < 1.29 is 4.79 Å². The second-order valence-electron chi connectivity index (χ2n) is 5.09. The molecule has 0 aromatic heterocycles. The van der Waals surface area contributed by atoms with Crippen molar-refractivity contribution in [3.8, 4) is 0 Å². The second kappa shape index (κ2) is 8.34. The molecule has 1 rings (SSSR count). The van der Waals surface area contributed by atoms with Crippen LogP contribution in [0.1, 0.15) is 38.5 Å². The SMILES string of the molecule is CN(C)C(=O)NCCCCCN1CCCCC1. The van der Waals surface area contributed by atoms with Crippen LogP contribution < -0.4 is 5.32 Å². The zero-order valence-corrected chi connectivity index (χ0v) is 11.4. The standard InChI is InChI=1S/C13H27N3O/c1-15(2)13(17)14-9-5-3-6-10-16-11-7-4-8-12-16/h3-12H2,1-2H3,(H,14,17). The van der Waals surface area contributed by atoms with Crippen molar-refractivity contribution in [3.63, 3.8) is 0 Å². The van der Waals surface area contributed by atoms with E-state index in [1.165, 1.54) is 51.7 Å². The number of carbonyl (C=O) groups is 1. The number of hydrogen-bond acceptors (Lipinski definition) is 2. The summed E-state index contributed by atoms with van der Waals surface area (Å²) >= 11 is 0. The van der Waals surface area contributed by atoms with Crippen LogP contribution in [0.15, 0.2) is 0 Å². The van der Waals surface area contributed by atoms with Gasteiger partial charge in [-0.1, -0.05) is 12.8 Å². The summed E-state index contributed by atoms with van der Waals surface area (Å²) < 4.78 is 0. The Morgan fingerprint density at radius 3 is 2.47 bits per heavy atom. The Morgan fingerprint density at radius 2 is 1.82 bits per heavy atom. The van der Waals surface area contributed by atoms with Gasteiger partial charge in [0.2, 0.25) is 0 Å². The summed E-state index contributed by atoms with van der Waals surface area (Å²) in [6.45, 7) is 4.62. The van der Waals surface area contributed by atoms with Gasteiger partial charge in [0, 0.05) is 20.6 Å². The Balaban J connectivity index is 1.88. The van der Waals surface area contributed by atoms with E-state index in [1.807, 2.05) is 0 Å². The van der Waals surface area contributed by atoms with E-state index < -0.39 is 0 Å². The van der Waals surface area contributed by atoms with Gasteiger partial charge in [-0.15, -0.1) is 0 Å². The average Bonchev–Trinajstić information content (AvgIpc) is 2.34. The molecule has 1 aliphatic rings. The number of amides is 2. The fourth-order valence-electron chi connectivity index (χ4n) is 2.17. The lowest BCUT2D eigenvalue weighted by Gasteiger charge is -2.26. The molecule has 1 heterocycles. The van der Waals surface area contributed by atoms with Gasteiger partial charge in [0.25, 0.3) is 0 Å². The van der Waals surface area contributed by atoms with Crippen LogP contribution in [-0.2, 0) is 0 Å². The highest BCUT2D eigenvalue weighted by Gasteiger charge is 2.08. The highest BCUT2D eigenvalue weighted by atomic mass is 16.2. The third-order valence-corrected chi connectivity index (χ3v) is 3.28. The van der Waals surface area contributed by atoms with E-state index in [4.69, 9.17) is 0 Å².